The highest BCUT2D eigenvalue weighted by molar-refractivity contribution is 5.77. The van der Waals surface area contributed by atoms with Crippen molar-refractivity contribution in [2.75, 3.05) is 26.2 Å². The summed E-state index contributed by atoms with van der Waals surface area (Å²) in [6.45, 7) is 6.02. The zero-order valence-electron chi connectivity index (χ0n) is 11.2. The largest absolute Gasteiger partial charge is 0.354 e. The molecule has 0 aliphatic carbocycles. The van der Waals surface area contributed by atoms with Crippen LogP contribution in [0, 0.1) is 5.92 Å². The molecule has 1 aromatic heterocycles. The molecule has 0 bridgehead atoms. The summed E-state index contributed by atoms with van der Waals surface area (Å²) in [5.74, 6) is 1.00. The molecule has 1 atom stereocenters. The summed E-state index contributed by atoms with van der Waals surface area (Å²) in [6, 6.07) is 0. The van der Waals surface area contributed by atoms with Crippen LogP contribution in [0.2, 0.25) is 0 Å². The van der Waals surface area contributed by atoms with Gasteiger partial charge in [0.2, 0.25) is 5.91 Å². The van der Waals surface area contributed by atoms with E-state index in [1.807, 2.05) is 0 Å². The van der Waals surface area contributed by atoms with E-state index >= 15 is 0 Å². The molecule has 106 valence electrons. The number of nitrogens with zero attached hydrogens (tertiary/aromatic N) is 2. The standard InChI is InChI=1S/C12H21N5O2/c1-9-3-2-5-17(8-9)6-4-13-11(18)7-10-14-12(19)16-15-10/h9H,2-8H2,1H3,(H,13,18)(H2,14,15,16,19). The number of carbonyl (C=O) groups excluding carboxylic acids is 1. The maximum absolute atomic E-state index is 11.6. The van der Waals surface area contributed by atoms with E-state index in [0.29, 0.717) is 12.4 Å². The average Bonchev–Trinajstić information content (AvgIpc) is 2.75. The molecule has 0 spiro atoms. The Morgan fingerprint density at radius 1 is 1.58 bits per heavy atom. The second-order valence-corrected chi connectivity index (χ2v) is 5.20. The van der Waals surface area contributed by atoms with Crippen molar-refractivity contribution in [3.63, 3.8) is 0 Å². The Morgan fingerprint density at radius 2 is 2.42 bits per heavy atom. The van der Waals surface area contributed by atoms with Gasteiger partial charge in [0.1, 0.15) is 5.82 Å². The number of carbonyl (C=O) groups is 1. The van der Waals surface area contributed by atoms with Crippen LogP contribution in [-0.4, -0.2) is 52.2 Å². The van der Waals surface area contributed by atoms with Gasteiger partial charge in [-0.05, 0) is 25.3 Å². The third-order valence-electron chi connectivity index (χ3n) is 3.37. The van der Waals surface area contributed by atoms with Gasteiger partial charge in [-0.25, -0.2) is 9.89 Å². The van der Waals surface area contributed by atoms with E-state index in [0.717, 1.165) is 25.6 Å². The zero-order valence-corrected chi connectivity index (χ0v) is 11.2. The molecule has 1 aliphatic heterocycles. The van der Waals surface area contributed by atoms with E-state index in [2.05, 4.69) is 32.3 Å². The highest BCUT2D eigenvalue weighted by atomic mass is 16.2. The number of H-pyrrole nitrogens is 2. The van der Waals surface area contributed by atoms with Crippen molar-refractivity contribution in [1.29, 1.82) is 0 Å². The van der Waals surface area contributed by atoms with E-state index in [9.17, 15) is 9.59 Å². The lowest BCUT2D eigenvalue weighted by Crippen LogP contribution is -2.40. The Hall–Kier alpha value is -1.63. The molecule has 3 N–H and O–H groups in total. The average molecular weight is 267 g/mol. The number of rotatable bonds is 5. The maximum Gasteiger partial charge on any atom is 0.340 e. The molecular weight excluding hydrogens is 246 g/mol. The molecule has 2 heterocycles. The third-order valence-corrected chi connectivity index (χ3v) is 3.37. The monoisotopic (exact) mass is 267 g/mol. The minimum absolute atomic E-state index is 0.106. The lowest BCUT2D eigenvalue weighted by molar-refractivity contribution is -0.120. The molecule has 7 nitrogen and oxygen atoms in total. The fourth-order valence-corrected chi connectivity index (χ4v) is 2.45. The Bertz CT molecular complexity index is 467. The summed E-state index contributed by atoms with van der Waals surface area (Å²) >= 11 is 0. The lowest BCUT2D eigenvalue weighted by atomic mass is 10.0. The topological polar surface area (TPSA) is 93.9 Å². The Kier molecular flexibility index (Phi) is 4.73. The van der Waals surface area contributed by atoms with Crippen LogP contribution in [0.5, 0.6) is 0 Å². The van der Waals surface area contributed by atoms with Gasteiger partial charge in [-0.3, -0.25) is 9.78 Å². The zero-order chi connectivity index (χ0) is 13.7. The number of aromatic amines is 2. The van der Waals surface area contributed by atoms with Gasteiger partial charge in [0.15, 0.2) is 0 Å². The molecule has 1 saturated heterocycles. The van der Waals surface area contributed by atoms with Gasteiger partial charge < -0.3 is 10.2 Å². The summed E-state index contributed by atoms with van der Waals surface area (Å²) in [6.07, 6.45) is 2.65. The molecule has 1 unspecified atom stereocenters. The van der Waals surface area contributed by atoms with Gasteiger partial charge in [0, 0.05) is 19.6 Å². The molecule has 0 saturated carbocycles. The van der Waals surface area contributed by atoms with Crippen LogP contribution in [0.15, 0.2) is 4.79 Å². The second kappa shape index (κ2) is 6.51. The van der Waals surface area contributed by atoms with Crippen LogP contribution in [0.3, 0.4) is 0 Å². The number of piperidine rings is 1. The predicted molar refractivity (Wildman–Crippen MR) is 70.8 cm³/mol. The number of likely N-dealkylation sites (tertiary alicyclic amines) is 1. The fourth-order valence-electron chi connectivity index (χ4n) is 2.45. The Balaban J connectivity index is 1.65. The van der Waals surface area contributed by atoms with Crippen molar-refractivity contribution in [3.8, 4) is 0 Å². The molecule has 1 amide bonds. The van der Waals surface area contributed by atoms with Crippen molar-refractivity contribution in [2.45, 2.75) is 26.2 Å². The van der Waals surface area contributed by atoms with Crippen LogP contribution < -0.4 is 11.0 Å². The number of nitrogens with one attached hydrogen (secondary N) is 3. The molecule has 19 heavy (non-hydrogen) atoms. The minimum Gasteiger partial charge on any atom is -0.354 e. The van der Waals surface area contributed by atoms with Gasteiger partial charge >= 0.3 is 5.69 Å². The van der Waals surface area contributed by atoms with Crippen LogP contribution in [0.1, 0.15) is 25.6 Å². The van der Waals surface area contributed by atoms with Crippen molar-refractivity contribution >= 4 is 5.91 Å². The number of aromatic nitrogens is 3. The molecule has 0 aromatic carbocycles. The minimum atomic E-state index is -0.384. The molecule has 2 rings (SSSR count). The first-order valence-electron chi connectivity index (χ1n) is 6.76. The van der Waals surface area contributed by atoms with Crippen molar-refractivity contribution in [3.05, 3.63) is 16.3 Å². The SMILES string of the molecule is CC1CCCN(CCNC(=O)Cc2n[nH]c(=O)[nH]2)C1. The lowest BCUT2D eigenvalue weighted by Gasteiger charge is -2.30. The Morgan fingerprint density at radius 3 is 3.11 bits per heavy atom. The second-order valence-electron chi connectivity index (χ2n) is 5.20. The van der Waals surface area contributed by atoms with Crippen LogP contribution in [-0.2, 0) is 11.2 Å². The third kappa shape index (κ3) is 4.51. The van der Waals surface area contributed by atoms with Gasteiger partial charge in [-0.1, -0.05) is 6.92 Å². The number of hydrogen-bond acceptors (Lipinski definition) is 4. The number of amides is 1. The summed E-state index contributed by atoms with van der Waals surface area (Å²) < 4.78 is 0. The van der Waals surface area contributed by atoms with E-state index in [1.54, 1.807) is 0 Å². The normalized spacial score (nSPS) is 20.4. The summed E-state index contributed by atoms with van der Waals surface area (Å²) in [5, 5.41) is 8.78. The molecule has 7 heteroatoms. The molecule has 0 radical (unpaired) electrons. The van der Waals surface area contributed by atoms with Crippen molar-refractivity contribution in [1.82, 2.24) is 25.4 Å². The van der Waals surface area contributed by atoms with Crippen LogP contribution in [0.4, 0.5) is 0 Å². The van der Waals surface area contributed by atoms with Gasteiger partial charge in [0.25, 0.3) is 0 Å². The Labute approximate surface area is 111 Å². The first-order chi connectivity index (χ1) is 9.13. The molecule has 1 fully saturated rings. The molecular formula is C12H21N5O2. The first kappa shape index (κ1) is 13.8. The fraction of sp³-hybridized carbons (Fsp3) is 0.750. The van der Waals surface area contributed by atoms with Gasteiger partial charge in [0.05, 0.1) is 6.42 Å². The van der Waals surface area contributed by atoms with Crippen LogP contribution in [0.25, 0.3) is 0 Å². The first-order valence-corrected chi connectivity index (χ1v) is 6.76. The van der Waals surface area contributed by atoms with Crippen molar-refractivity contribution < 1.29 is 4.79 Å². The van der Waals surface area contributed by atoms with Crippen molar-refractivity contribution in [2.24, 2.45) is 5.92 Å². The highest BCUT2D eigenvalue weighted by Gasteiger charge is 2.15. The van der Waals surface area contributed by atoms with E-state index < -0.39 is 0 Å². The van der Waals surface area contributed by atoms with Crippen LogP contribution >= 0.6 is 0 Å². The van der Waals surface area contributed by atoms with Gasteiger partial charge in [-0.2, -0.15) is 5.10 Å². The summed E-state index contributed by atoms with van der Waals surface area (Å²) in [4.78, 5) is 27.3. The smallest absolute Gasteiger partial charge is 0.340 e. The van der Waals surface area contributed by atoms with E-state index in [1.165, 1.54) is 12.8 Å². The van der Waals surface area contributed by atoms with E-state index in [-0.39, 0.29) is 18.0 Å². The molecule has 1 aliphatic rings. The number of hydrogen-bond donors (Lipinski definition) is 3. The van der Waals surface area contributed by atoms with E-state index in [4.69, 9.17) is 0 Å². The summed E-state index contributed by atoms with van der Waals surface area (Å²) in [5.41, 5.74) is -0.384. The predicted octanol–water partition coefficient (Wildman–Crippen LogP) is -0.511. The molecule has 1 aromatic rings. The maximum atomic E-state index is 11.6. The summed E-state index contributed by atoms with van der Waals surface area (Å²) in [7, 11) is 0. The highest BCUT2D eigenvalue weighted by Crippen LogP contribution is 2.14. The quantitative estimate of drug-likeness (QED) is 0.669. The van der Waals surface area contributed by atoms with Gasteiger partial charge in [-0.15, -0.1) is 0 Å².